The topological polar surface area (TPSA) is 49.3 Å². The maximum Gasteiger partial charge on any atom is 0.254 e. The molecule has 1 rings (SSSR count). The van der Waals surface area contributed by atoms with Crippen LogP contribution in [0.3, 0.4) is 0 Å². The van der Waals surface area contributed by atoms with E-state index in [1.807, 2.05) is 0 Å². The van der Waals surface area contributed by atoms with Crippen LogP contribution >= 0.6 is 0 Å². The number of halogens is 2. The molecule has 0 unspecified atom stereocenters. The van der Waals surface area contributed by atoms with Crippen LogP contribution in [0.4, 0.5) is 8.78 Å². The van der Waals surface area contributed by atoms with Gasteiger partial charge < -0.3 is 10.4 Å². The van der Waals surface area contributed by atoms with Crippen LogP contribution in [0.25, 0.3) is 0 Å². The molecule has 0 heterocycles. The lowest BCUT2D eigenvalue weighted by atomic mass is 10.1. The molecular formula is C11H13F2NO2. The van der Waals surface area contributed by atoms with Gasteiger partial charge in [-0.1, -0.05) is 6.92 Å². The minimum atomic E-state index is -0.912. The van der Waals surface area contributed by atoms with E-state index >= 15 is 0 Å². The third-order valence-electron chi connectivity index (χ3n) is 2.22. The van der Waals surface area contributed by atoms with Gasteiger partial charge in [-0.05, 0) is 18.6 Å². The van der Waals surface area contributed by atoms with E-state index in [4.69, 9.17) is 5.11 Å². The highest BCUT2D eigenvalue weighted by atomic mass is 19.1. The molecule has 0 bridgehead atoms. The maximum atomic E-state index is 13.2. The number of aliphatic hydroxyl groups excluding tert-OH is 1. The molecule has 0 spiro atoms. The summed E-state index contributed by atoms with van der Waals surface area (Å²) < 4.78 is 25.8. The Kier molecular flexibility index (Phi) is 4.37. The van der Waals surface area contributed by atoms with E-state index in [1.165, 1.54) is 0 Å². The lowest BCUT2D eigenvalue weighted by molar-refractivity contribution is 0.0911. The highest BCUT2D eigenvalue weighted by Crippen LogP contribution is 2.09. The summed E-state index contributed by atoms with van der Waals surface area (Å²) in [6.07, 6.45) is 0.533. The number of carbonyl (C=O) groups is 1. The van der Waals surface area contributed by atoms with Gasteiger partial charge in [0.15, 0.2) is 0 Å². The van der Waals surface area contributed by atoms with Gasteiger partial charge in [0, 0.05) is 6.07 Å². The fourth-order valence-corrected chi connectivity index (χ4v) is 1.21. The molecule has 5 heteroatoms. The molecule has 16 heavy (non-hydrogen) atoms. The second-order valence-electron chi connectivity index (χ2n) is 3.39. The van der Waals surface area contributed by atoms with Gasteiger partial charge in [0.25, 0.3) is 5.91 Å². The maximum absolute atomic E-state index is 13.2. The molecule has 0 aliphatic carbocycles. The van der Waals surface area contributed by atoms with Crippen molar-refractivity contribution in [3.8, 4) is 0 Å². The number of benzene rings is 1. The minimum Gasteiger partial charge on any atom is -0.394 e. The Morgan fingerprint density at radius 2 is 2.19 bits per heavy atom. The molecule has 0 fully saturated rings. The first-order valence-corrected chi connectivity index (χ1v) is 4.95. The summed E-state index contributed by atoms with van der Waals surface area (Å²) in [6, 6.07) is 2.31. The van der Waals surface area contributed by atoms with Crippen molar-refractivity contribution in [2.24, 2.45) is 0 Å². The summed E-state index contributed by atoms with van der Waals surface area (Å²) in [5.74, 6) is -2.30. The van der Waals surface area contributed by atoms with Crippen LogP contribution in [0.15, 0.2) is 18.2 Å². The van der Waals surface area contributed by atoms with E-state index < -0.39 is 23.6 Å². The van der Waals surface area contributed by atoms with Crippen LogP contribution in [0.5, 0.6) is 0 Å². The summed E-state index contributed by atoms with van der Waals surface area (Å²) in [4.78, 5) is 11.5. The average molecular weight is 229 g/mol. The van der Waals surface area contributed by atoms with Gasteiger partial charge in [-0.3, -0.25) is 4.79 Å². The molecule has 0 radical (unpaired) electrons. The van der Waals surface area contributed by atoms with E-state index in [0.29, 0.717) is 12.5 Å². The van der Waals surface area contributed by atoms with E-state index in [2.05, 4.69) is 5.32 Å². The molecule has 0 aliphatic rings. The Hall–Kier alpha value is -1.49. The molecule has 0 aliphatic heterocycles. The van der Waals surface area contributed by atoms with Gasteiger partial charge in [0.1, 0.15) is 11.6 Å². The summed E-state index contributed by atoms with van der Waals surface area (Å²) in [5, 5.41) is 11.3. The van der Waals surface area contributed by atoms with Crippen LogP contribution in [0.1, 0.15) is 23.7 Å². The molecule has 0 saturated carbocycles. The monoisotopic (exact) mass is 229 g/mol. The molecule has 1 aromatic carbocycles. The number of nitrogens with one attached hydrogen (secondary N) is 1. The van der Waals surface area contributed by atoms with E-state index in [-0.39, 0.29) is 12.2 Å². The lowest BCUT2D eigenvalue weighted by Gasteiger charge is -2.14. The molecule has 88 valence electrons. The number of aliphatic hydroxyl groups is 1. The highest BCUT2D eigenvalue weighted by molar-refractivity contribution is 5.94. The number of carbonyl (C=O) groups excluding carboxylic acids is 1. The van der Waals surface area contributed by atoms with Gasteiger partial charge >= 0.3 is 0 Å². The Bertz CT molecular complexity index is 378. The zero-order chi connectivity index (χ0) is 12.1. The van der Waals surface area contributed by atoms with Crippen molar-refractivity contribution in [3.63, 3.8) is 0 Å². The smallest absolute Gasteiger partial charge is 0.254 e. The summed E-state index contributed by atoms with van der Waals surface area (Å²) in [5.41, 5.74) is -0.228. The number of hydrogen-bond donors (Lipinski definition) is 2. The summed E-state index contributed by atoms with van der Waals surface area (Å²) in [6.45, 7) is 1.56. The zero-order valence-electron chi connectivity index (χ0n) is 8.84. The van der Waals surface area contributed by atoms with Crippen LogP contribution < -0.4 is 5.32 Å². The van der Waals surface area contributed by atoms with Crippen molar-refractivity contribution >= 4 is 5.91 Å². The van der Waals surface area contributed by atoms with Gasteiger partial charge in [-0.2, -0.15) is 0 Å². The minimum absolute atomic E-state index is 0.217. The van der Waals surface area contributed by atoms with Crippen LogP contribution in [-0.4, -0.2) is 23.7 Å². The van der Waals surface area contributed by atoms with Crippen LogP contribution in [0.2, 0.25) is 0 Å². The second-order valence-corrected chi connectivity index (χ2v) is 3.39. The number of amides is 1. The Morgan fingerprint density at radius 1 is 1.50 bits per heavy atom. The first-order chi connectivity index (χ1) is 7.58. The van der Waals surface area contributed by atoms with Gasteiger partial charge in [0.2, 0.25) is 0 Å². The first-order valence-electron chi connectivity index (χ1n) is 4.95. The molecule has 2 N–H and O–H groups in total. The lowest BCUT2D eigenvalue weighted by Crippen LogP contribution is -2.37. The van der Waals surface area contributed by atoms with Crippen molar-refractivity contribution in [1.82, 2.24) is 5.32 Å². The Morgan fingerprint density at radius 3 is 2.69 bits per heavy atom. The van der Waals surface area contributed by atoms with Gasteiger partial charge in [0.05, 0.1) is 18.2 Å². The SMILES string of the molecule is CC[C@H](CO)NC(=O)c1ccc(F)cc1F. The normalized spacial score (nSPS) is 12.2. The van der Waals surface area contributed by atoms with Crippen molar-refractivity contribution < 1.29 is 18.7 Å². The van der Waals surface area contributed by atoms with Crippen molar-refractivity contribution in [2.75, 3.05) is 6.61 Å². The fraction of sp³-hybridized carbons (Fsp3) is 0.364. The van der Waals surface area contributed by atoms with E-state index in [0.717, 1.165) is 12.1 Å². The predicted molar refractivity (Wildman–Crippen MR) is 55.0 cm³/mol. The third kappa shape index (κ3) is 3.00. The number of rotatable bonds is 4. The van der Waals surface area contributed by atoms with Crippen molar-refractivity contribution in [2.45, 2.75) is 19.4 Å². The van der Waals surface area contributed by atoms with E-state index in [9.17, 15) is 13.6 Å². The molecule has 1 amide bonds. The Labute approximate surface area is 92.1 Å². The average Bonchev–Trinajstić information content (AvgIpc) is 2.25. The van der Waals surface area contributed by atoms with Crippen LogP contribution in [-0.2, 0) is 0 Å². The number of hydrogen-bond acceptors (Lipinski definition) is 2. The second kappa shape index (κ2) is 5.55. The highest BCUT2D eigenvalue weighted by Gasteiger charge is 2.15. The zero-order valence-corrected chi connectivity index (χ0v) is 8.84. The molecular weight excluding hydrogens is 216 g/mol. The van der Waals surface area contributed by atoms with Gasteiger partial charge in [-0.25, -0.2) is 8.78 Å². The van der Waals surface area contributed by atoms with Gasteiger partial charge in [-0.15, -0.1) is 0 Å². The largest absolute Gasteiger partial charge is 0.394 e. The molecule has 0 aromatic heterocycles. The molecule has 3 nitrogen and oxygen atoms in total. The predicted octanol–water partition coefficient (Wildman–Crippen LogP) is 1.47. The standard InChI is InChI=1S/C11H13F2NO2/c1-2-8(6-15)14-11(16)9-4-3-7(12)5-10(9)13/h3-5,8,15H,2,6H2,1H3,(H,14,16)/t8-/m1/s1. The molecule has 0 saturated heterocycles. The third-order valence-corrected chi connectivity index (χ3v) is 2.22. The van der Waals surface area contributed by atoms with Crippen LogP contribution in [0, 0.1) is 11.6 Å². The molecule has 1 aromatic rings. The molecule has 1 atom stereocenters. The Balaban J connectivity index is 2.80. The van der Waals surface area contributed by atoms with Crippen molar-refractivity contribution in [3.05, 3.63) is 35.4 Å². The first kappa shape index (κ1) is 12.6. The van der Waals surface area contributed by atoms with E-state index in [1.54, 1.807) is 6.92 Å². The summed E-state index contributed by atoms with van der Waals surface area (Å²) in [7, 11) is 0. The summed E-state index contributed by atoms with van der Waals surface area (Å²) >= 11 is 0. The van der Waals surface area contributed by atoms with Crippen molar-refractivity contribution in [1.29, 1.82) is 0 Å². The fourth-order valence-electron chi connectivity index (χ4n) is 1.21. The quantitative estimate of drug-likeness (QED) is 0.821.